The number of amides is 1. The Labute approximate surface area is 196 Å². The monoisotopic (exact) mass is 464 g/mol. The van der Waals surface area contributed by atoms with Crippen molar-refractivity contribution in [1.82, 2.24) is 15.0 Å². The normalized spacial score (nSPS) is 26.3. The Morgan fingerprint density at radius 1 is 1.24 bits per heavy atom. The van der Waals surface area contributed by atoms with Gasteiger partial charge in [0.15, 0.2) is 5.65 Å². The van der Waals surface area contributed by atoms with Crippen LogP contribution in [0.15, 0.2) is 42.6 Å². The SMILES string of the molecule is NC(=O)[C@@H]1[C@H](Nc2c(Cl)cnc3nc(-c4cccc(N5CCOCC5)c4)[nH]c23)[C@@H]2C=C[C@@H]1C2. The highest BCUT2D eigenvalue weighted by Gasteiger charge is 2.47. The van der Waals surface area contributed by atoms with Crippen LogP contribution in [0.2, 0.25) is 5.02 Å². The van der Waals surface area contributed by atoms with Gasteiger partial charge in [-0.1, -0.05) is 35.9 Å². The summed E-state index contributed by atoms with van der Waals surface area (Å²) in [5, 5.41) is 4.01. The zero-order valence-electron chi connectivity index (χ0n) is 18.0. The summed E-state index contributed by atoms with van der Waals surface area (Å²) < 4.78 is 5.47. The van der Waals surface area contributed by atoms with E-state index in [-0.39, 0.29) is 29.7 Å². The second-order valence-electron chi connectivity index (χ2n) is 8.96. The van der Waals surface area contributed by atoms with Crippen molar-refractivity contribution in [3.8, 4) is 11.4 Å². The predicted molar refractivity (Wildman–Crippen MR) is 128 cm³/mol. The van der Waals surface area contributed by atoms with Crippen molar-refractivity contribution >= 4 is 40.0 Å². The lowest BCUT2D eigenvalue weighted by Gasteiger charge is -2.29. The number of hydrogen-bond acceptors (Lipinski definition) is 6. The summed E-state index contributed by atoms with van der Waals surface area (Å²) in [7, 11) is 0. The van der Waals surface area contributed by atoms with E-state index < -0.39 is 0 Å². The molecule has 0 unspecified atom stereocenters. The lowest BCUT2D eigenvalue weighted by Crippen LogP contribution is -2.41. The number of rotatable bonds is 5. The Bertz CT molecular complexity index is 1250. The van der Waals surface area contributed by atoms with Crippen LogP contribution in [0.25, 0.3) is 22.6 Å². The molecule has 3 aromatic rings. The third-order valence-electron chi connectivity index (χ3n) is 7.07. The number of ether oxygens (including phenoxy) is 1. The van der Waals surface area contributed by atoms with Crippen molar-refractivity contribution in [2.24, 2.45) is 23.5 Å². The third-order valence-corrected chi connectivity index (χ3v) is 7.35. The fourth-order valence-corrected chi connectivity index (χ4v) is 5.65. The molecule has 9 heteroatoms. The van der Waals surface area contributed by atoms with Gasteiger partial charge in [0.05, 0.1) is 36.0 Å². The Hall–Kier alpha value is -3.10. The fraction of sp³-hybridized carbons (Fsp3) is 0.375. The molecule has 4 atom stereocenters. The number of hydrogen-bond donors (Lipinski definition) is 3. The highest BCUT2D eigenvalue weighted by Crippen LogP contribution is 2.46. The van der Waals surface area contributed by atoms with Crippen LogP contribution in [-0.2, 0) is 9.53 Å². The number of halogens is 1. The number of nitrogens with one attached hydrogen (secondary N) is 2. The molecule has 170 valence electrons. The zero-order valence-corrected chi connectivity index (χ0v) is 18.8. The van der Waals surface area contributed by atoms with E-state index in [0.717, 1.165) is 55.3 Å². The first kappa shape index (κ1) is 20.5. The molecule has 2 aliphatic carbocycles. The summed E-state index contributed by atoms with van der Waals surface area (Å²) in [4.78, 5) is 27.1. The Kier molecular flexibility index (Phi) is 4.99. The number of anilines is 2. The van der Waals surface area contributed by atoms with Crippen molar-refractivity contribution in [3.05, 3.63) is 47.6 Å². The topological polar surface area (TPSA) is 109 Å². The standard InChI is InChI=1S/C24H25ClN6O2/c25-17-12-27-24-21(20(17)28-19-14-5-4-13(10-14)18(19)22(26)32)29-23(30-24)15-2-1-3-16(11-15)31-6-8-33-9-7-31/h1-5,11-14,18-19H,6-10H2,(H2,26,32)(H2,27,28,29,30)/t13-,14-,18+,19-/m1/s1. The van der Waals surface area contributed by atoms with E-state index in [1.54, 1.807) is 6.20 Å². The molecule has 2 bridgehead atoms. The van der Waals surface area contributed by atoms with Crippen molar-refractivity contribution in [2.45, 2.75) is 12.5 Å². The highest BCUT2D eigenvalue weighted by molar-refractivity contribution is 6.34. The van der Waals surface area contributed by atoms with Crippen LogP contribution < -0.4 is 16.0 Å². The number of fused-ring (bicyclic) bond motifs is 3. The molecule has 8 nitrogen and oxygen atoms in total. The van der Waals surface area contributed by atoms with Crippen LogP contribution in [0, 0.1) is 17.8 Å². The van der Waals surface area contributed by atoms with E-state index >= 15 is 0 Å². The van der Waals surface area contributed by atoms with Crippen LogP contribution in [0.1, 0.15) is 6.42 Å². The number of morpholine rings is 1. The second kappa shape index (κ2) is 8.04. The van der Waals surface area contributed by atoms with Gasteiger partial charge in [-0.25, -0.2) is 9.97 Å². The van der Waals surface area contributed by atoms with Gasteiger partial charge in [0, 0.05) is 30.4 Å². The van der Waals surface area contributed by atoms with Crippen LogP contribution >= 0.6 is 11.6 Å². The average molecular weight is 465 g/mol. The first-order valence-electron chi connectivity index (χ1n) is 11.3. The maximum absolute atomic E-state index is 12.2. The molecule has 1 aliphatic heterocycles. The minimum Gasteiger partial charge on any atom is -0.378 e. The van der Waals surface area contributed by atoms with E-state index in [1.165, 1.54) is 0 Å². The molecule has 0 spiro atoms. The molecule has 1 aromatic carbocycles. The summed E-state index contributed by atoms with van der Waals surface area (Å²) in [5.41, 5.74) is 9.86. The molecule has 2 fully saturated rings. The first-order chi connectivity index (χ1) is 16.1. The Morgan fingerprint density at radius 3 is 2.88 bits per heavy atom. The minimum atomic E-state index is -0.281. The van der Waals surface area contributed by atoms with Gasteiger partial charge in [-0.15, -0.1) is 0 Å². The van der Waals surface area contributed by atoms with E-state index in [0.29, 0.717) is 16.4 Å². The molecule has 6 rings (SSSR count). The molecule has 1 saturated heterocycles. The molecule has 0 radical (unpaired) electrons. The van der Waals surface area contributed by atoms with Gasteiger partial charge in [0.25, 0.3) is 0 Å². The van der Waals surface area contributed by atoms with Crippen molar-refractivity contribution in [1.29, 1.82) is 0 Å². The smallest absolute Gasteiger partial charge is 0.223 e. The van der Waals surface area contributed by atoms with Gasteiger partial charge in [0.1, 0.15) is 11.3 Å². The number of aromatic amines is 1. The molecule has 3 aliphatic rings. The second-order valence-corrected chi connectivity index (χ2v) is 9.37. The maximum atomic E-state index is 12.2. The third kappa shape index (κ3) is 3.54. The molecule has 1 amide bonds. The van der Waals surface area contributed by atoms with Crippen LogP contribution in [0.3, 0.4) is 0 Å². The van der Waals surface area contributed by atoms with Crippen molar-refractivity contribution < 1.29 is 9.53 Å². The maximum Gasteiger partial charge on any atom is 0.223 e. The molecule has 1 saturated carbocycles. The zero-order chi connectivity index (χ0) is 22.5. The van der Waals surface area contributed by atoms with Gasteiger partial charge in [0.2, 0.25) is 5.91 Å². The van der Waals surface area contributed by atoms with Gasteiger partial charge >= 0.3 is 0 Å². The van der Waals surface area contributed by atoms with Gasteiger partial charge in [-0.05, 0) is 30.4 Å². The summed E-state index contributed by atoms with van der Waals surface area (Å²) in [6.45, 7) is 3.20. The number of pyridine rings is 1. The van der Waals surface area contributed by atoms with E-state index in [9.17, 15) is 4.79 Å². The summed E-state index contributed by atoms with van der Waals surface area (Å²) in [6, 6.07) is 8.19. The molecular weight excluding hydrogens is 440 g/mol. The summed E-state index contributed by atoms with van der Waals surface area (Å²) in [6.07, 6.45) is 6.81. The van der Waals surface area contributed by atoms with E-state index in [4.69, 9.17) is 27.1 Å². The van der Waals surface area contributed by atoms with E-state index in [2.05, 4.69) is 44.5 Å². The number of benzene rings is 1. The number of nitrogens with two attached hydrogens (primary N) is 1. The summed E-state index contributed by atoms with van der Waals surface area (Å²) >= 11 is 6.57. The highest BCUT2D eigenvalue weighted by atomic mass is 35.5. The number of H-pyrrole nitrogens is 1. The number of aromatic nitrogens is 3. The van der Waals surface area contributed by atoms with Gasteiger partial charge in [-0.3, -0.25) is 4.79 Å². The number of allylic oxidation sites excluding steroid dienone is 1. The first-order valence-corrected chi connectivity index (χ1v) is 11.7. The van der Waals surface area contributed by atoms with Crippen molar-refractivity contribution in [3.63, 3.8) is 0 Å². The molecule has 4 N–H and O–H groups in total. The number of nitrogens with zero attached hydrogens (tertiary/aromatic N) is 3. The fourth-order valence-electron chi connectivity index (χ4n) is 5.46. The van der Waals surface area contributed by atoms with Gasteiger partial charge < -0.3 is 25.7 Å². The Morgan fingerprint density at radius 2 is 2.06 bits per heavy atom. The largest absolute Gasteiger partial charge is 0.378 e. The number of carbonyl (C=O) groups is 1. The predicted octanol–water partition coefficient (Wildman–Crippen LogP) is 3.20. The van der Waals surface area contributed by atoms with Crippen LogP contribution in [0.4, 0.5) is 11.4 Å². The lowest BCUT2D eigenvalue weighted by molar-refractivity contribution is -0.122. The molecule has 3 heterocycles. The van der Waals surface area contributed by atoms with Crippen LogP contribution in [-0.4, -0.2) is 53.2 Å². The minimum absolute atomic E-state index is 0.100. The molecule has 2 aromatic heterocycles. The number of primary amides is 1. The van der Waals surface area contributed by atoms with Crippen LogP contribution in [0.5, 0.6) is 0 Å². The van der Waals surface area contributed by atoms with Gasteiger partial charge in [-0.2, -0.15) is 0 Å². The van der Waals surface area contributed by atoms with Crippen molar-refractivity contribution in [2.75, 3.05) is 36.5 Å². The molecular formula is C24H25ClN6O2. The lowest BCUT2D eigenvalue weighted by atomic mass is 9.88. The average Bonchev–Trinajstić information content (AvgIpc) is 3.56. The number of carbonyl (C=O) groups excluding carboxylic acids is 1. The van der Waals surface area contributed by atoms with E-state index in [1.807, 2.05) is 12.1 Å². The number of imidazole rings is 1. The summed E-state index contributed by atoms with van der Waals surface area (Å²) in [5.74, 6) is 0.612. The molecule has 33 heavy (non-hydrogen) atoms. The quantitative estimate of drug-likeness (QED) is 0.500. The Balaban J connectivity index is 1.35.